The van der Waals surface area contributed by atoms with Crippen LogP contribution in [0.25, 0.3) is 0 Å². The summed E-state index contributed by atoms with van der Waals surface area (Å²) in [4.78, 5) is 0. The fourth-order valence-electron chi connectivity index (χ4n) is 1.59. The monoisotopic (exact) mass is 260 g/mol. The van der Waals surface area contributed by atoms with Gasteiger partial charge in [-0.25, -0.2) is 4.39 Å². The minimum absolute atomic E-state index is 0.141. The Hall–Kier alpha value is -2.50. The van der Waals surface area contributed by atoms with Crippen molar-refractivity contribution in [3.05, 3.63) is 46.9 Å². The number of aryl methyl sites for hydroxylation is 1. The Labute approximate surface area is 109 Å². The summed E-state index contributed by atoms with van der Waals surface area (Å²) in [7, 11) is 0. The van der Waals surface area contributed by atoms with Gasteiger partial charge in [0.05, 0.1) is 11.3 Å². The highest BCUT2D eigenvalue weighted by Gasteiger charge is 2.15. The zero-order chi connectivity index (χ0) is 14.0. The molecule has 0 saturated heterocycles. The molecule has 0 aliphatic carbocycles. The van der Waals surface area contributed by atoms with E-state index in [0.29, 0.717) is 17.0 Å². The zero-order valence-electron chi connectivity index (χ0n) is 10.6. The second-order valence-corrected chi connectivity index (χ2v) is 4.06. The summed E-state index contributed by atoms with van der Waals surface area (Å²) >= 11 is 0. The molecule has 1 heterocycles. The minimum Gasteiger partial charge on any atom is -0.437 e. The largest absolute Gasteiger partial charge is 0.437 e. The number of ether oxygens (including phenoxy) is 1. The summed E-state index contributed by atoms with van der Waals surface area (Å²) in [5, 5.41) is 15.4. The first-order valence-corrected chi connectivity index (χ1v) is 5.60. The molecule has 0 fully saturated rings. The maximum absolute atomic E-state index is 12.8. The van der Waals surface area contributed by atoms with Gasteiger partial charge in [-0.05, 0) is 43.7 Å². The molecule has 0 unspecified atom stereocenters. The molecule has 0 aliphatic heterocycles. The molecule has 0 spiro atoms. The van der Waals surface area contributed by atoms with Crippen LogP contribution in [-0.2, 0) is 0 Å². The van der Waals surface area contributed by atoms with Crippen LogP contribution in [-0.4, -0.2) is 16.0 Å². The second kappa shape index (κ2) is 5.01. The molecule has 1 aromatic heterocycles. The van der Waals surface area contributed by atoms with E-state index in [1.165, 1.54) is 24.3 Å². The van der Waals surface area contributed by atoms with E-state index in [2.05, 4.69) is 10.2 Å². The molecule has 2 aromatic rings. The average molecular weight is 260 g/mol. The number of hydrogen-bond donors (Lipinski definition) is 2. The third-order valence-corrected chi connectivity index (χ3v) is 2.72. The van der Waals surface area contributed by atoms with Crippen LogP contribution < -0.4 is 10.5 Å². The second-order valence-electron chi connectivity index (χ2n) is 4.06. The van der Waals surface area contributed by atoms with Crippen LogP contribution >= 0.6 is 0 Å². The molecular weight excluding hydrogens is 247 g/mol. The van der Waals surface area contributed by atoms with Crippen LogP contribution in [0.4, 0.5) is 4.39 Å². The van der Waals surface area contributed by atoms with Crippen LogP contribution in [0, 0.1) is 25.1 Å². The average Bonchev–Trinajstić information content (AvgIpc) is 2.36. The van der Waals surface area contributed by atoms with Crippen LogP contribution in [0.5, 0.6) is 11.6 Å². The Morgan fingerprint density at radius 2 is 1.84 bits per heavy atom. The van der Waals surface area contributed by atoms with Crippen molar-refractivity contribution >= 4 is 5.84 Å². The normalized spacial score (nSPS) is 10.3. The first-order valence-electron chi connectivity index (χ1n) is 5.60. The van der Waals surface area contributed by atoms with Gasteiger partial charge in [0.25, 0.3) is 0 Å². The first-order chi connectivity index (χ1) is 8.99. The molecule has 0 atom stereocenters. The summed E-state index contributed by atoms with van der Waals surface area (Å²) in [6.07, 6.45) is 0. The fraction of sp³-hybridized carbons (Fsp3) is 0.154. The molecule has 1 aromatic carbocycles. The molecule has 0 amide bonds. The fourth-order valence-corrected chi connectivity index (χ4v) is 1.59. The van der Waals surface area contributed by atoms with Crippen molar-refractivity contribution in [3.63, 3.8) is 0 Å². The van der Waals surface area contributed by atoms with E-state index >= 15 is 0 Å². The van der Waals surface area contributed by atoms with Crippen LogP contribution in [0.3, 0.4) is 0 Å². The van der Waals surface area contributed by atoms with Gasteiger partial charge in [-0.3, -0.25) is 5.41 Å². The number of nitrogens with zero attached hydrogens (tertiary/aromatic N) is 2. The molecule has 0 aliphatic rings. The summed E-state index contributed by atoms with van der Waals surface area (Å²) in [5.41, 5.74) is 7.35. The summed E-state index contributed by atoms with van der Waals surface area (Å²) in [6.45, 7) is 3.56. The summed E-state index contributed by atoms with van der Waals surface area (Å²) in [5.74, 6) is 0.0431. The number of nitrogen functional groups attached to an aromatic ring is 1. The lowest BCUT2D eigenvalue weighted by Crippen LogP contribution is -2.16. The third-order valence-electron chi connectivity index (χ3n) is 2.72. The summed E-state index contributed by atoms with van der Waals surface area (Å²) in [6, 6.07) is 5.49. The van der Waals surface area contributed by atoms with E-state index in [1.54, 1.807) is 13.8 Å². The van der Waals surface area contributed by atoms with Gasteiger partial charge in [0.15, 0.2) is 0 Å². The van der Waals surface area contributed by atoms with Gasteiger partial charge in [-0.2, -0.15) is 5.10 Å². The number of halogens is 1. The van der Waals surface area contributed by atoms with E-state index in [1.807, 2.05) is 0 Å². The first kappa shape index (κ1) is 12.9. The van der Waals surface area contributed by atoms with Gasteiger partial charge in [0.2, 0.25) is 5.88 Å². The zero-order valence-corrected chi connectivity index (χ0v) is 10.6. The Bertz CT molecular complexity index is 625. The number of nitrogens with two attached hydrogens (primary N) is 1. The Morgan fingerprint density at radius 3 is 2.42 bits per heavy atom. The van der Waals surface area contributed by atoms with Crippen molar-refractivity contribution in [1.82, 2.24) is 10.2 Å². The Kier molecular flexibility index (Phi) is 3.41. The van der Waals surface area contributed by atoms with Crippen molar-refractivity contribution in [2.45, 2.75) is 13.8 Å². The highest BCUT2D eigenvalue weighted by atomic mass is 19.1. The van der Waals surface area contributed by atoms with Crippen molar-refractivity contribution < 1.29 is 9.13 Å². The van der Waals surface area contributed by atoms with Crippen molar-refractivity contribution in [3.8, 4) is 11.6 Å². The van der Waals surface area contributed by atoms with Crippen molar-refractivity contribution in [2.75, 3.05) is 0 Å². The lowest BCUT2D eigenvalue weighted by atomic mass is 10.1. The number of nitrogens with one attached hydrogen (secondary N) is 1. The molecule has 0 saturated carbocycles. The molecule has 19 heavy (non-hydrogen) atoms. The number of aromatic nitrogens is 2. The van der Waals surface area contributed by atoms with Gasteiger partial charge in [0, 0.05) is 0 Å². The van der Waals surface area contributed by atoms with Gasteiger partial charge in [-0.15, -0.1) is 5.10 Å². The maximum atomic E-state index is 12.8. The van der Waals surface area contributed by atoms with Crippen molar-refractivity contribution in [1.29, 1.82) is 5.41 Å². The van der Waals surface area contributed by atoms with E-state index in [9.17, 15) is 4.39 Å². The molecule has 0 bridgehead atoms. The van der Waals surface area contributed by atoms with E-state index in [-0.39, 0.29) is 17.5 Å². The van der Waals surface area contributed by atoms with Crippen LogP contribution in [0.2, 0.25) is 0 Å². The molecule has 2 rings (SSSR count). The highest BCUT2D eigenvalue weighted by molar-refractivity contribution is 5.98. The number of hydrogen-bond acceptors (Lipinski definition) is 4. The molecule has 3 N–H and O–H groups in total. The lowest BCUT2D eigenvalue weighted by molar-refractivity contribution is 0.451. The highest BCUT2D eigenvalue weighted by Crippen LogP contribution is 2.25. The van der Waals surface area contributed by atoms with E-state index in [4.69, 9.17) is 15.9 Å². The Balaban J connectivity index is 2.42. The van der Waals surface area contributed by atoms with Gasteiger partial charge in [0.1, 0.15) is 17.4 Å². The topological polar surface area (TPSA) is 84.9 Å². The summed E-state index contributed by atoms with van der Waals surface area (Å²) < 4.78 is 18.3. The molecule has 5 nitrogen and oxygen atoms in total. The minimum atomic E-state index is -0.356. The van der Waals surface area contributed by atoms with E-state index in [0.717, 1.165) is 5.56 Å². The molecule has 6 heteroatoms. The van der Waals surface area contributed by atoms with Gasteiger partial charge in [-0.1, -0.05) is 0 Å². The molecular formula is C13H13FN4O. The van der Waals surface area contributed by atoms with Gasteiger partial charge < -0.3 is 10.5 Å². The SMILES string of the molecule is Cc1nnc(Oc2ccc(F)cc2)c(C(=N)N)c1C. The predicted octanol–water partition coefficient (Wildman–Crippen LogP) is 2.31. The lowest BCUT2D eigenvalue weighted by Gasteiger charge is -2.12. The van der Waals surface area contributed by atoms with Gasteiger partial charge >= 0.3 is 0 Å². The van der Waals surface area contributed by atoms with Crippen molar-refractivity contribution in [2.24, 2.45) is 5.73 Å². The Morgan fingerprint density at radius 1 is 1.21 bits per heavy atom. The standard InChI is InChI=1S/C13H13FN4O/c1-7-8(2)17-18-13(11(7)12(15)16)19-10-5-3-9(14)4-6-10/h3-6H,1-2H3,(H3,15,16). The number of amidine groups is 1. The molecule has 0 radical (unpaired) electrons. The molecule has 98 valence electrons. The number of benzene rings is 1. The maximum Gasteiger partial charge on any atom is 0.250 e. The van der Waals surface area contributed by atoms with Crippen LogP contribution in [0.1, 0.15) is 16.8 Å². The third kappa shape index (κ3) is 2.67. The smallest absolute Gasteiger partial charge is 0.250 e. The van der Waals surface area contributed by atoms with E-state index < -0.39 is 0 Å². The number of rotatable bonds is 3. The quantitative estimate of drug-likeness (QED) is 0.655. The predicted molar refractivity (Wildman–Crippen MR) is 69.0 cm³/mol. The van der Waals surface area contributed by atoms with Crippen LogP contribution in [0.15, 0.2) is 24.3 Å².